The van der Waals surface area contributed by atoms with Crippen molar-refractivity contribution in [3.63, 3.8) is 0 Å². The predicted molar refractivity (Wildman–Crippen MR) is 76.1 cm³/mol. The van der Waals surface area contributed by atoms with Crippen LogP contribution < -0.4 is 10.1 Å². The van der Waals surface area contributed by atoms with Crippen molar-refractivity contribution in [3.05, 3.63) is 30.5 Å². The Morgan fingerprint density at radius 3 is 2.90 bits per heavy atom. The number of hydrogen-bond acceptors (Lipinski definition) is 4. The van der Waals surface area contributed by atoms with E-state index in [2.05, 4.69) is 10.3 Å². The van der Waals surface area contributed by atoms with Crippen LogP contribution in [0.1, 0.15) is 12.8 Å². The normalized spacial score (nSPS) is 15.8. The molecule has 1 unspecified atom stereocenters. The monoisotopic (exact) mass is 272 g/mol. The summed E-state index contributed by atoms with van der Waals surface area (Å²) >= 11 is 0. The molecule has 2 N–H and O–H groups in total. The van der Waals surface area contributed by atoms with Crippen LogP contribution in [0.3, 0.4) is 0 Å². The summed E-state index contributed by atoms with van der Waals surface area (Å²) in [7, 11) is 1.62. The van der Waals surface area contributed by atoms with Gasteiger partial charge >= 0.3 is 5.97 Å². The molecule has 1 aromatic carbocycles. The summed E-state index contributed by atoms with van der Waals surface area (Å²) in [5.41, 5.74) is 0. The van der Waals surface area contributed by atoms with Gasteiger partial charge < -0.3 is 15.2 Å². The maximum absolute atomic E-state index is 11.3. The number of carboxylic acid groups (broad SMARTS) is 1. The van der Waals surface area contributed by atoms with Gasteiger partial charge in [0.15, 0.2) is 0 Å². The number of nitrogens with zero attached hydrogens (tertiary/aromatic N) is 1. The summed E-state index contributed by atoms with van der Waals surface area (Å²) in [6.45, 7) is 0. The van der Waals surface area contributed by atoms with Gasteiger partial charge in [0.2, 0.25) is 0 Å². The molecule has 2 aromatic rings. The van der Waals surface area contributed by atoms with Crippen LogP contribution in [0.2, 0.25) is 0 Å². The number of aromatic nitrogens is 1. The lowest BCUT2D eigenvalue weighted by Crippen LogP contribution is -2.31. The third kappa shape index (κ3) is 2.39. The third-order valence-electron chi connectivity index (χ3n) is 3.62. The number of rotatable bonds is 5. The molecular formula is C15H16N2O3. The fourth-order valence-corrected chi connectivity index (χ4v) is 2.36. The number of anilines is 1. The van der Waals surface area contributed by atoms with Crippen LogP contribution in [-0.2, 0) is 4.79 Å². The third-order valence-corrected chi connectivity index (χ3v) is 3.62. The van der Waals surface area contributed by atoms with Gasteiger partial charge in [0.05, 0.1) is 7.11 Å². The van der Waals surface area contributed by atoms with Gasteiger partial charge in [-0.1, -0.05) is 0 Å². The molecule has 20 heavy (non-hydrogen) atoms. The highest BCUT2D eigenvalue weighted by Gasteiger charge is 2.36. The lowest BCUT2D eigenvalue weighted by Gasteiger charge is -2.16. The molecule has 1 heterocycles. The molecule has 1 atom stereocenters. The summed E-state index contributed by atoms with van der Waals surface area (Å²) < 4.78 is 5.19. The fraction of sp³-hybridized carbons (Fsp3) is 0.333. The second kappa shape index (κ2) is 5.00. The van der Waals surface area contributed by atoms with Crippen molar-refractivity contribution in [1.82, 2.24) is 4.98 Å². The summed E-state index contributed by atoms with van der Waals surface area (Å²) in [4.78, 5) is 15.6. The van der Waals surface area contributed by atoms with Gasteiger partial charge in [-0.15, -0.1) is 0 Å². The maximum atomic E-state index is 11.3. The second-order valence-electron chi connectivity index (χ2n) is 5.04. The predicted octanol–water partition coefficient (Wildman–Crippen LogP) is 2.52. The zero-order valence-corrected chi connectivity index (χ0v) is 11.2. The molecule has 3 rings (SSSR count). The maximum Gasteiger partial charge on any atom is 0.326 e. The van der Waals surface area contributed by atoms with Gasteiger partial charge in [0, 0.05) is 11.6 Å². The summed E-state index contributed by atoms with van der Waals surface area (Å²) in [5.74, 6) is 0.777. The van der Waals surface area contributed by atoms with Crippen LogP contribution in [0.15, 0.2) is 30.5 Å². The van der Waals surface area contributed by atoms with Crippen LogP contribution in [0.4, 0.5) is 5.82 Å². The van der Waals surface area contributed by atoms with E-state index in [-0.39, 0.29) is 5.92 Å². The van der Waals surface area contributed by atoms with Crippen molar-refractivity contribution in [2.45, 2.75) is 18.9 Å². The summed E-state index contributed by atoms with van der Waals surface area (Å²) in [5, 5.41) is 14.2. The first kappa shape index (κ1) is 12.7. The number of methoxy groups -OCH3 is 1. The number of benzene rings is 1. The topological polar surface area (TPSA) is 71.5 Å². The van der Waals surface area contributed by atoms with Crippen molar-refractivity contribution in [3.8, 4) is 5.75 Å². The zero-order chi connectivity index (χ0) is 14.1. The Kier molecular flexibility index (Phi) is 3.18. The largest absolute Gasteiger partial charge is 0.497 e. The Labute approximate surface area is 116 Å². The van der Waals surface area contributed by atoms with Gasteiger partial charge in [-0.3, -0.25) is 0 Å². The number of ether oxygens (including phenoxy) is 1. The molecule has 0 amide bonds. The molecule has 0 aliphatic heterocycles. The highest BCUT2D eigenvalue weighted by atomic mass is 16.5. The van der Waals surface area contributed by atoms with E-state index in [0.717, 1.165) is 29.4 Å². The molecule has 0 saturated heterocycles. The fourth-order valence-electron chi connectivity index (χ4n) is 2.36. The number of aliphatic carboxylic acids is 1. The molecular weight excluding hydrogens is 256 g/mol. The van der Waals surface area contributed by atoms with Crippen LogP contribution in [0.25, 0.3) is 10.8 Å². The quantitative estimate of drug-likeness (QED) is 0.875. The van der Waals surface area contributed by atoms with E-state index in [1.165, 1.54) is 0 Å². The first-order chi connectivity index (χ1) is 9.69. The Morgan fingerprint density at radius 2 is 2.25 bits per heavy atom. The van der Waals surface area contributed by atoms with Crippen molar-refractivity contribution >= 4 is 22.6 Å². The lowest BCUT2D eigenvalue weighted by atomic mass is 10.1. The van der Waals surface area contributed by atoms with Gasteiger partial charge in [-0.2, -0.15) is 0 Å². The minimum atomic E-state index is -0.820. The van der Waals surface area contributed by atoms with Crippen molar-refractivity contribution in [2.75, 3.05) is 12.4 Å². The standard InChI is InChI=1S/C15H16N2O3/c1-20-11-4-5-12-10(8-11)6-7-16-14(12)17-13(15(18)19)9-2-3-9/h4-9,13H,2-3H2,1H3,(H,16,17)(H,18,19). The van der Waals surface area contributed by atoms with Crippen LogP contribution >= 0.6 is 0 Å². The van der Waals surface area contributed by atoms with Gasteiger partial charge in [-0.05, 0) is 48.4 Å². The molecule has 0 spiro atoms. The molecule has 5 nitrogen and oxygen atoms in total. The first-order valence-corrected chi connectivity index (χ1v) is 6.61. The smallest absolute Gasteiger partial charge is 0.326 e. The SMILES string of the molecule is COc1ccc2c(NC(C(=O)O)C3CC3)nccc2c1. The van der Waals surface area contributed by atoms with E-state index < -0.39 is 12.0 Å². The first-order valence-electron chi connectivity index (χ1n) is 6.61. The molecule has 1 aliphatic carbocycles. The Hall–Kier alpha value is -2.30. The molecule has 1 saturated carbocycles. The molecule has 1 fully saturated rings. The summed E-state index contributed by atoms with van der Waals surface area (Å²) in [6, 6.07) is 6.98. The zero-order valence-electron chi connectivity index (χ0n) is 11.2. The lowest BCUT2D eigenvalue weighted by molar-refractivity contribution is -0.138. The minimum Gasteiger partial charge on any atom is -0.497 e. The molecule has 1 aliphatic rings. The van der Waals surface area contributed by atoms with E-state index in [1.807, 2.05) is 24.3 Å². The Bertz CT molecular complexity index is 653. The number of fused-ring (bicyclic) bond motifs is 1. The van der Waals surface area contributed by atoms with E-state index in [9.17, 15) is 9.90 Å². The van der Waals surface area contributed by atoms with E-state index >= 15 is 0 Å². The number of hydrogen-bond donors (Lipinski definition) is 2. The van der Waals surface area contributed by atoms with Gasteiger partial charge in [0.1, 0.15) is 17.6 Å². The van der Waals surface area contributed by atoms with Crippen molar-refractivity contribution in [1.29, 1.82) is 0 Å². The molecule has 104 valence electrons. The second-order valence-corrected chi connectivity index (χ2v) is 5.04. The minimum absolute atomic E-state index is 0.211. The van der Waals surface area contributed by atoms with Crippen LogP contribution in [0.5, 0.6) is 5.75 Å². The van der Waals surface area contributed by atoms with Crippen LogP contribution in [-0.4, -0.2) is 29.2 Å². The number of nitrogens with one attached hydrogen (secondary N) is 1. The molecule has 0 bridgehead atoms. The average Bonchev–Trinajstić information content (AvgIpc) is 3.28. The van der Waals surface area contributed by atoms with Crippen LogP contribution in [0, 0.1) is 5.92 Å². The average molecular weight is 272 g/mol. The van der Waals surface area contributed by atoms with Gasteiger partial charge in [-0.25, -0.2) is 9.78 Å². The number of carboxylic acids is 1. The number of carbonyl (C=O) groups is 1. The molecule has 1 aromatic heterocycles. The Morgan fingerprint density at radius 1 is 1.45 bits per heavy atom. The van der Waals surface area contributed by atoms with Crippen molar-refractivity contribution < 1.29 is 14.6 Å². The van der Waals surface area contributed by atoms with Crippen molar-refractivity contribution in [2.24, 2.45) is 5.92 Å². The van der Waals surface area contributed by atoms with E-state index in [1.54, 1.807) is 13.3 Å². The van der Waals surface area contributed by atoms with E-state index in [0.29, 0.717) is 5.82 Å². The van der Waals surface area contributed by atoms with E-state index in [4.69, 9.17) is 4.74 Å². The highest BCUT2D eigenvalue weighted by Crippen LogP contribution is 2.35. The number of pyridine rings is 1. The summed E-state index contributed by atoms with van der Waals surface area (Å²) in [6.07, 6.45) is 3.60. The Balaban J connectivity index is 1.96. The highest BCUT2D eigenvalue weighted by molar-refractivity contribution is 5.94. The van der Waals surface area contributed by atoms with Gasteiger partial charge in [0.25, 0.3) is 0 Å². The molecule has 0 radical (unpaired) electrons. The molecule has 5 heteroatoms.